The first-order valence-electron chi connectivity index (χ1n) is 7.10. The second-order valence-electron chi connectivity index (χ2n) is 5.31. The van der Waals surface area contributed by atoms with E-state index in [2.05, 4.69) is 27.6 Å². The fraction of sp³-hybridized carbons (Fsp3) is 0.250. The average Bonchev–Trinajstić information content (AvgIpc) is 3.03. The lowest BCUT2D eigenvalue weighted by Crippen LogP contribution is -2.36. The third-order valence-corrected chi connectivity index (χ3v) is 3.31. The summed E-state index contributed by atoms with van der Waals surface area (Å²) in [6, 6.07) is 6.46. The number of nitrogens with zero attached hydrogens (tertiary/aromatic N) is 1. The predicted molar refractivity (Wildman–Crippen MR) is 87.0 cm³/mol. The van der Waals surface area contributed by atoms with E-state index in [0.29, 0.717) is 17.0 Å². The van der Waals surface area contributed by atoms with Crippen molar-refractivity contribution in [3.63, 3.8) is 0 Å². The van der Waals surface area contributed by atoms with Crippen molar-refractivity contribution in [3.8, 4) is 11.5 Å². The molecule has 23 heavy (non-hydrogen) atoms. The highest BCUT2D eigenvalue weighted by Crippen LogP contribution is 2.28. The second kappa shape index (κ2) is 6.87. The number of ether oxygens (including phenoxy) is 1. The van der Waals surface area contributed by atoms with E-state index in [1.54, 1.807) is 18.2 Å². The van der Waals surface area contributed by atoms with Gasteiger partial charge in [-0.2, -0.15) is 5.10 Å². The Hall–Kier alpha value is -2.96. The molecule has 0 bridgehead atoms. The Morgan fingerprint density at radius 2 is 2.09 bits per heavy atom. The number of phenols is 1. The molecule has 0 unspecified atom stereocenters. The number of hydrazine groups is 1. The van der Waals surface area contributed by atoms with Gasteiger partial charge in [0.2, 0.25) is 0 Å². The van der Waals surface area contributed by atoms with E-state index in [-0.39, 0.29) is 23.3 Å². The van der Waals surface area contributed by atoms with Crippen molar-refractivity contribution in [2.24, 2.45) is 0 Å². The molecule has 4 N–H and O–H groups in total. The Balaban J connectivity index is 1.99. The predicted octanol–water partition coefficient (Wildman–Crippen LogP) is 2.15. The lowest BCUT2D eigenvalue weighted by atomic mass is 10.1. The third-order valence-electron chi connectivity index (χ3n) is 3.31. The lowest BCUT2D eigenvalue weighted by Gasteiger charge is -2.12. The van der Waals surface area contributed by atoms with Gasteiger partial charge in [0.15, 0.2) is 17.2 Å². The number of rotatable bonds is 6. The first kappa shape index (κ1) is 16.4. The quantitative estimate of drug-likeness (QED) is 0.612. The first-order chi connectivity index (χ1) is 10.9. The summed E-state index contributed by atoms with van der Waals surface area (Å²) in [5.74, 6) is 0.243. The molecular formula is C16H20N4O3. The smallest absolute Gasteiger partial charge is 0.290 e. The van der Waals surface area contributed by atoms with Crippen molar-refractivity contribution in [2.75, 3.05) is 7.11 Å². The molecule has 122 valence electrons. The molecule has 0 radical (unpaired) electrons. The fourth-order valence-electron chi connectivity index (χ4n) is 1.88. The Morgan fingerprint density at radius 1 is 1.35 bits per heavy atom. The van der Waals surface area contributed by atoms with Gasteiger partial charge >= 0.3 is 0 Å². The Labute approximate surface area is 134 Å². The van der Waals surface area contributed by atoms with Crippen LogP contribution in [0.4, 0.5) is 0 Å². The summed E-state index contributed by atoms with van der Waals surface area (Å²) >= 11 is 0. The summed E-state index contributed by atoms with van der Waals surface area (Å²) in [6.45, 7) is 7.85. The summed E-state index contributed by atoms with van der Waals surface area (Å²) in [4.78, 5) is 12.0. The molecule has 0 spiro atoms. The molecule has 7 nitrogen and oxygen atoms in total. The van der Waals surface area contributed by atoms with Gasteiger partial charge < -0.3 is 9.84 Å². The number of aromatic hydroxyl groups is 1. The van der Waals surface area contributed by atoms with Crippen molar-refractivity contribution in [2.45, 2.75) is 19.8 Å². The molecule has 0 fully saturated rings. The zero-order chi connectivity index (χ0) is 17.0. The van der Waals surface area contributed by atoms with Gasteiger partial charge in [-0.05, 0) is 30.2 Å². The van der Waals surface area contributed by atoms with Crippen LogP contribution in [-0.2, 0) is 0 Å². The number of aromatic nitrogens is 2. The molecule has 1 amide bonds. The zero-order valence-electron chi connectivity index (χ0n) is 13.3. The lowest BCUT2D eigenvalue weighted by molar-refractivity contribution is 0.0937. The maximum atomic E-state index is 12.0. The Bertz CT molecular complexity index is 722. The summed E-state index contributed by atoms with van der Waals surface area (Å²) < 4.78 is 5.04. The van der Waals surface area contributed by atoms with Crippen LogP contribution < -0.4 is 15.6 Å². The molecule has 1 aromatic carbocycles. The molecule has 7 heteroatoms. The van der Waals surface area contributed by atoms with Gasteiger partial charge in [0, 0.05) is 11.3 Å². The van der Waals surface area contributed by atoms with Crippen molar-refractivity contribution in [1.82, 2.24) is 21.0 Å². The number of benzene rings is 1. The molecule has 2 rings (SSSR count). The number of carbonyl (C=O) groups excluding carboxylic acids is 1. The monoisotopic (exact) mass is 316 g/mol. The minimum atomic E-state index is -0.375. The third kappa shape index (κ3) is 3.82. The molecular weight excluding hydrogens is 296 g/mol. The number of hydrogen-bond acceptors (Lipinski definition) is 5. The second-order valence-corrected chi connectivity index (χ2v) is 5.31. The summed E-state index contributed by atoms with van der Waals surface area (Å²) in [7, 11) is 1.46. The van der Waals surface area contributed by atoms with Gasteiger partial charge in [-0.15, -0.1) is 0 Å². The van der Waals surface area contributed by atoms with Gasteiger partial charge in [-0.25, -0.2) is 0 Å². The standard InChI is InChI=1S/C16H20N4O3/c1-9(2)12-8-13(19-18-12)16(22)20-17-10(3)11-5-6-14(21)15(7-11)23-4/h5-9,17,21H,3H2,1-2,4H3,(H,18,19)(H,20,22). The number of carbonyl (C=O) groups is 1. The van der Waals surface area contributed by atoms with Gasteiger partial charge in [-0.1, -0.05) is 20.4 Å². The van der Waals surface area contributed by atoms with E-state index in [1.807, 2.05) is 13.8 Å². The molecule has 0 aliphatic heterocycles. The average molecular weight is 316 g/mol. The van der Waals surface area contributed by atoms with E-state index in [9.17, 15) is 9.90 Å². The number of aromatic amines is 1. The number of H-pyrrole nitrogens is 1. The SMILES string of the molecule is C=C(NNC(=O)c1cc(C(C)C)[nH]n1)c1ccc(O)c(OC)c1. The number of hydrogen-bond donors (Lipinski definition) is 4. The van der Waals surface area contributed by atoms with E-state index >= 15 is 0 Å². The molecule has 0 saturated heterocycles. The van der Waals surface area contributed by atoms with E-state index in [1.165, 1.54) is 13.2 Å². The minimum Gasteiger partial charge on any atom is -0.504 e. The molecule has 1 aromatic heterocycles. The fourth-order valence-corrected chi connectivity index (χ4v) is 1.88. The normalized spacial score (nSPS) is 10.4. The van der Waals surface area contributed by atoms with Crippen LogP contribution in [0.15, 0.2) is 30.8 Å². The van der Waals surface area contributed by atoms with Crippen LogP contribution in [0.1, 0.15) is 41.5 Å². The van der Waals surface area contributed by atoms with Crippen LogP contribution in [0.3, 0.4) is 0 Å². The highest BCUT2D eigenvalue weighted by atomic mass is 16.5. The Kier molecular flexibility index (Phi) is 4.90. The molecule has 0 aliphatic carbocycles. The Morgan fingerprint density at radius 3 is 2.70 bits per heavy atom. The van der Waals surface area contributed by atoms with Crippen LogP contribution in [-0.4, -0.2) is 28.3 Å². The summed E-state index contributed by atoms with van der Waals surface area (Å²) in [5, 5.41) is 16.4. The zero-order valence-corrected chi connectivity index (χ0v) is 13.3. The first-order valence-corrected chi connectivity index (χ1v) is 7.10. The molecule has 0 saturated carbocycles. The van der Waals surface area contributed by atoms with Crippen molar-refractivity contribution >= 4 is 11.6 Å². The number of methoxy groups -OCH3 is 1. The van der Waals surface area contributed by atoms with Crippen molar-refractivity contribution < 1.29 is 14.6 Å². The van der Waals surface area contributed by atoms with Gasteiger partial charge in [0.1, 0.15) is 0 Å². The van der Waals surface area contributed by atoms with Crippen LogP contribution in [0.25, 0.3) is 5.70 Å². The molecule has 1 heterocycles. The van der Waals surface area contributed by atoms with E-state index in [4.69, 9.17) is 4.74 Å². The maximum absolute atomic E-state index is 12.0. The van der Waals surface area contributed by atoms with Gasteiger partial charge in [0.25, 0.3) is 5.91 Å². The topological polar surface area (TPSA) is 99.3 Å². The van der Waals surface area contributed by atoms with Crippen LogP contribution in [0.5, 0.6) is 11.5 Å². The van der Waals surface area contributed by atoms with Gasteiger partial charge in [0.05, 0.1) is 12.8 Å². The van der Waals surface area contributed by atoms with Crippen LogP contribution in [0, 0.1) is 0 Å². The highest BCUT2D eigenvalue weighted by molar-refractivity contribution is 5.92. The number of nitrogens with one attached hydrogen (secondary N) is 3. The van der Waals surface area contributed by atoms with Crippen LogP contribution >= 0.6 is 0 Å². The van der Waals surface area contributed by atoms with Crippen molar-refractivity contribution in [3.05, 3.63) is 47.8 Å². The summed E-state index contributed by atoms with van der Waals surface area (Å²) in [5.41, 5.74) is 7.55. The largest absolute Gasteiger partial charge is 0.504 e. The number of phenolic OH excluding ortho intramolecular Hbond substituents is 1. The maximum Gasteiger partial charge on any atom is 0.290 e. The van der Waals surface area contributed by atoms with E-state index in [0.717, 1.165) is 5.69 Å². The summed E-state index contributed by atoms with van der Waals surface area (Å²) in [6.07, 6.45) is 0. The van der Waals surface area contributed by atoms with Crippen molar-refractivity contribution in [1.29, 1.82) is 0 Å². The molecule has 2 aromatic rings. The minimum absolute atomic E-state index is 0.0332. The molecule has 0 atom stereocenters. The van der Waals surface area contributed by atoms with Gasteiger partial charge in [-0.3, -0.25) is 20.7 Å². The highest BCUT2D eigenvalue weighted by Gasteiger charge is 2.12. The van der Waals surface area contributed by atoms with E-state index < -0.39 is 0 Å². The molecule has 0 aliphatic rings. The van der Waals surface area contributed by atoms with Crippen LogP contribution in [0.2, 0.25) is 0 Å². The number of amides is 1.